The van der Waals surface area contributed by atoms with Crippen molar-refractivity contribution in [1.82, 2.24) is 24.8 Å². The number of hydrogen-bond donors (Lipinski definition) is 2. The Morgan fingerprint density at radius 1 is 1.16 bits per heavy atom. The van der Waals surface area contributed by atoms with Crippen LogP contribution in [0.1, 0.15) is 18.2 Å². The predicted octanol–water partition coefficient (Wildman–Crippen LogP) is 2.63. The Hall–Kier alpha value is -3.78. The fourth-order valence-electron chi connectivity index (χ4n) is 3.46. The van der Waals surface area contributed by atoms with E-state index in [0.29, 0.717) is 36.1 Å². The molecule has 0 unspecified atom stereocenters. The third-order valence-electron chi connectivity index (χ3n) is 5.21. The maximum absolute atomic E-state index is 11.5. The number of aromatic nitrogens is 4. The molecule has 0 spiro atoms. The van der Waals surface area contributed by atoms with Crippen molar-refractivity contribution in [3.8, 4) is 16.6 Å². The van der Waals surface area contributed by atoms with Crippen molar-refractivity contribution in [2.24, 2.45) is 0 Å². The maximum Gasteiger partial charge on any atom is 0.229 e. The summed E-state index contributed by atoms with van der Waals surface area (Å²) in [6, 6.07) is 6.00. The smallest absolute Gasteiger partial charge is 0.229 e. The lowest BCUT2D eigenvalue weighted by atomic mass is 10.2. The number of hydrogen-bond acceptors (Lipinski definition) is 10. The molecule has 1 aliphatic rings. The Bertz CT molecular complexity index is 1160. The van der Waals surface area contributed by atoms with Crippen LogP contribution in [0.25, 0.3) is 10.6 Å². The molecule has 10 nitrogen and oxygen atoms in total. The Morgan fingerprint density at radius 2 is 1.94 bits per heavy atom. The fourth-order valence-corrected chi connectivity index (χ4v) is 4.38. The molecule has 11 heteroatoms. The fraction of sp³-hybridized carbons (Fsp3) is 0.333. The minimum absolute atomic E-state index is 0.111. The second kappa shape index (κ2) is 9.15. The first-order valence-electron chi connectivity index (χ1n) is 10.1. The van der Waals surface area contributed by atoms with Gasteiger partial charge >= 0.3 is 0 Å². The number of amides is 1. The molecular formula is C21H23N9OS. The molecule has 2 N–H and O–H groups in total. The number of nitriles is 1. The zero-order chi connectivity index (χ0) is 22.7. The summed E-state index contributed by atoms with van der Waals surface area (Å²) in [4.78, 5) is 34.1. The van der Waals surface area contributed by atoms with E-state index in [1.807, 2.05) is 24.0 Å². The average molecular weight is 450 g/mol. The van der Waals surface area contributed by atoms with E-state index in [9.17, 15) is 10.1 Å². The number of aryl methyl sites for hydroxylation is 1. The van der Waals surface area contributed by atoms with Crippen LogP contribution in [-0.4, -0.2) is 64.0 Å². The van der Waals surface area contributed by atoms with Crippen molar-refractivity contribution in [3.63, 3.8) is 0 Å². The largest absolute Gasteiger partial charge is 0.367 e. The van der Waals surface area contributed by atoms with Crippen LogP contribution < -0.4 is 15.5 Å². The predicted molar refractivity (Wildman–Crippen MR) is 124 cm³/mol. The van der Waals surface area contributed by atoms with E-state index >= 15 is 0 Å². The minimum atomic E-state index is 0.111. The molecule has 3 aromatic rings. The van der Waals surface area contributed by atoms with Crippen LogP contribution in [0.3, 0.4) is 0 Å². The summed E-state index contributed by atoms with van der Waals surface area (Å²) in [7, 11) is 1.80. The molecule has 164 valence electrons. The lowest BCUT2D eigenvalue weighted by Crippen LogP contribution is -2.48. The first-order valence-corrected chi connectivity index (χ1v) is 11.0. The number of anilines is 4. The van der Waals surface area contributed by atoms with Crippen LogP contribution in [0.15, 0.2) is 24.5 Å². The van der Waals surface area contributed by atoms with Crippen molar-refractivity contribution in [2.75, 3.05) is 48.8 Å². The molecule has 4 heterocycles. The quantitative estimate of drug-likeness (QED) is 0.605. The highest BCUT2D eigenvalue weighted by molar-refractivity contribution is 7.19. The molecule has 3 aromatic heterocycles. The number of thiazole rings is 1. The third-order valence-corrected chi connectivity index (χ3v) is 6.39. The van der Waals surface area contributed by atoms with Gasteiger partial charge in [0.2, 0.25) is 11.9 Å². The van der Waals surface area contributed by atoms with Crippen LogP contribution in [0.2, 0.25) is 0 Å². The lowest BCUT2D eigenvalue weighted by Gasteiger charge is -2.35. The summed E-state index contributed by atoms with van der Waals surface area (Å²) in [5.74, 6) is 1.07. The Morgan fingerprint density at radius 3 is 2.53 bits per heavy atom. The molecule has 1 amide bonds. The van der Waals surface area contributed by atoms with Gasteiger partial charge in [-0.2, -0.15) is 5.26 Å². The molecule has 1 fully saturated rings. The summed E-state index contributed by atoms with van der Waals surface area (Å²) >= 11 is 1.44. The summed E-state index contributed by atoms with van der Waals surface area (Å²) in [6.07, 6.45) is 3.30. The molecule has 1 saturated heterocycles. The topological polar surface area (TPSA) is 123 Å². The number of nitrogens with one attached hydrogen (secondary N) is 2. The molecule has 0 aliphatic carbocycles. The average Bonchev–Trinajstić information content (AvgIpc) is 3.20. The molecule has 0 radical (unpaired) electrons. The monoisotopic (exact) mass is 449 g/mol. The Labute approximate surface area is 190 Å². The summed E-state index contributed by atoms with van der Waals surface area (Å²) < 4.78 is 0. The van der Waals surface area contributed by atoms with E-state index in [-0.39, 0.29) is 5.91 Å². The van der Waals surface area contributed by atoms with Gasteiger partial charge in [0.1, 0.15) is 17.6 Å². The molecule has 0 aromatic carbocycles. The summed E-state index contributed by atoms with van der Waals surface area (Å²) in [5, 5.41) is 16.4. The molecule has 0 bridgehead atoms. The zero-order valence-electron chi connectivity index (χ0n) is 18.1. The zero-order valence-corrected chi connectivity index (χ0v) is 18.9. The van der Waals surface area contributed by atoms with Gasteiger partial charge in [0.25, 0.3) is 0 Å². The molecule has 0 saturated carbocycles. The summed E-state index contributed by atoms with van der Waals surface area (Å²) in [5.41, 5.74) is 2.73. The number of carbonyl (C=O) groups is 1. The molecular weight excluding hydrogens is 426 g/mol. The van der Waals surface area contributed by atoms with Crippen LogP contribution in [0, 0.1) is 18.3 Å². The van der Waals surface area contributed by atoms with E-state index in [1.54, 1.807) is 20.2 Å². The van der Waals surface area contributed by atoms with Gasteiger partial charge < -0.3 is 20.4 Å². The van der Waals surface area contributed by atoms with E-state index in [4.69, 9.17) is 0 Å². The molecule has 32 heavy (non-hydrogen) atoms. The van der Waals surface area contributed by atoms with Crippen LogP contribution in [-0.2, 0) is 4.79 Å². The first-order chi connectivity index (χ1) is 15.5. The van der Waals surface area contributed by atoms with E-state index in [1.165, 1.54) is 17.5 Å². The molecule has 4 rings (SSSR count). The number of carbonyl (C=O) groups excluding carboxylic acids is 1. The van der Waals surface area contributed by atoms with Crippen molar-refractivity contribution >= 4 is 39.8 Å². The lowest BCUT2D eigenvalue weighted by molar-refractivity contribution is -0.129. The number of rotatable bonds is 5. The minimum Gasteiger partial charge on any atom is -0.367 e. The van der Waals surface area contributed by atoms with Gasteiger partial charge in [0.05, 0.1) is 34.2 Å². The standard InChI is InChI=1S/C21H23N9OS/c1-13-19(32-21(23-3)26-13)18-15(10-22)11-25-20(28-18)27-17-5-4-16(12-24-17)30-8-6-29(7-9-30)14(2)31/h4-5,11-12H,6-9H2,1-3H3,(H,23,26)(H,24,25,27,28). The van der Waals surface area contributed by atoms with Gasteiger partial charge in [-0.15, -0.1) is 0 Å². The highest BCUT2D eigenvalue weighted by Gasteiger charge is 2.19. The summed E-state index contributed by atoms with van der Waals surface area (Å²) in [6.45, 7) is 6.47. The van der Waals surface area contributed by atoms with Gasteiger partial charge in [0, 0.05) is 40.2 Å². The number of piperazine rings is 1. The second-order valence-electron chi connectivity index (χ2n) is 7.27. The van der Waals surface area contributed by atoms with Crippen molar-refractivity contribution < 1.29 is 4.79 Å². The first kappa shape index (κ1) is 21.5. The van der Waals surface area contributed by atoms with Crippen molar-refractivity contribution in [2.45, 2.75) is 13.8 Å². The van der Waals surface area contributed by atoms with Crippen molar-refractivity contribution in [3.05, 3.63) is 35.8 Å². The van der Waals surface area contributed by atoms with Crippen LogP contribution >= 0.6 is 11.3 Å². The van der Waals surface area contributed by atoms with E-state index in [0.717, 1.165) is 34.5 Å². The maximum atomic E-state index is 11.5. The van der Waals surface area contributed by atoms with Crippen LogP contribution in [0.5, 0.6) is 0 Å². The van der Waals surface area contributed by atoms with Crippen LogP contribution in [0.4, 0.5) is 22.6 Å². The normalized spacial score (nSPS) is 13.6. The van der Waals surface area contributed by atoms with Gasteiger partial charge in [-0.05, 0) is 19.1 Å². The van der Waals surface area contributed by atoms with Crippen molar-refractivity contribution in [1.29, 1.82) is 5.26 Å². The molecule has 0 atom stereocenters. The second-order valence-corrected chi connectivity index (χ2v) is 8.27. The van der Waals surface area contributed by atoms with E-state index < -0.39 is 0 Å². The third kappa shape index (κ3) is 4.45. The number of pyridine rings is 1. The Balaban J connectivity index is 1.50. The van der Waals surface area contributed by atoms with Gasteiger partial charge in [-0.3, -0.25) is 4.79 Å². The molecule has 1 aliphatic heterocycles. The number of nitrogens with zero attached hydrogens (tertiary/aromatic N) is 7. The van der Waals surface area contributed by atoms with Gasteiger partial charge in [-0.1, -0.05) is 11.3 Å². The Kier molecular flexibility index (Phi) is 6.13. The highest BCUT2D eigenvalue weighted by atomic mass is 32.1. The van der Waals surface area contributed by atoms with E-state index in [2.05, 4.69) is 41.5 Å². The highest BCUT2D eigenvalue weighted by Crippen LogP contribution is 2.33. The van der Waals surface area contributed by atoms with Gasteiger partial charge in [0.15, 0.2) is 5.13 Å². The SMILES string of the molecule is CNc1nc(C)c(-c2nc(Nc3ccc(N4CCN(C(C)=O)CC4)cn3)ncc2C#N)s1. The van der Waals surface area contributed by atoms with Gasteiger partial charge in [-0.25, -0.2) is 19.9 Å².